The molecular weight excluding hydrogens is 270 g/mol. The number of aromatic amines is 1. The topological polar surface area (TPSA) is 74.9 Å². The summed E-state index contributed by atoms with van der Waals surface area (Å²) in [6, 6.07) is 3.81. The molecule has 4 N–H and O–H groups in total. The van der Waals surface area contributed by atoms with Crippen LogP contribution in [-0.4, -0.2) is 21.7 Å². The first-order chi connectivity index (χ1) is 7.70. The van der Waals surface area contributed by atoms with Crippen molar-refractivity contribution in [2.24, 2.45) is 0 Å². The highest BCUT2D eigenvalue weighted by atomic mass is 79.9. The average Bonchev–Trinajstić information content (AvgIpc) is 2.61. The zero-order valence-corrected chi connectivity index (χ0v) is 10.4. The lowest BCUT2D eigenvalue weighted by Crippen LogP contribution is -1.90. The van der Waals surface area contributed by atoms with Crippen LogP contribution in [0.25, 0.3) is 11.0 Å². The molecule has 0 saturated carbocycles. The van der Waals surface area contributed by atoms with Crippen LogP contribution in [0.2, 0.25) is 0 Å². The third-order valence-corrected chi connectivity index (χ3v) is 2.91. The van der Waals surface area contributed by atoms with Crippen molar-refractivity contribution in [3.05, 3.63) is 22.4 Å². The van der Waals surface area contributed by atoms with Crippen LogP contribution in [0, 0.1) is 0 Å². The maximum Gasteiger partial charge on any atom is 0.112 e. The molecule has 86 valence electrons. The van der Waals surface area contributed by atoms with Gasteiger partial charge in [0, 0.05) is 17.5 Å². The number of aliphatic hydroxyl groups is 1. The number of H-pyrrole nitrogens is 1. The van der Waals surface area contributed by atoms with E-state index in [0.29, 0.717) is 5.69 Å². The van der Waals surface area contributed by atoms with E-state index in [0.717, 1.165) is 40.6 Å². The van der Waals surface area contributed by atoms with Gasteiger partial charge in [-0.2, -0.15) is 0 Å². The zero-order chi connectivity index (χ0) is 11.5. The number of nitrogens with one attached hydrogen (secondary N) is 1. The number of halogens is 1. The van der Waals surface area contributed by atoms with E-state index in [2.05, 4.69) is 25.9 Å². The lowest BCUT2D eigenvalue weighted by molar-refractivity contribution is 0.284. The molecule has 1 aromatic carbocycles. The van der Waals surface area contributed by atoms with Gasteiger partial charge in [-0.25, -0.2) is 4.98 Å². The van der Waals surface area contributed by atoms with Gasteiger partial charge in [-0.15, -0.1) is 0 Å². The van der Waals surface area contributed by atoms with Gasteiger partial charge in [0.15, 0.2) is 0 Å². The number of rotatable bonds is 4. The van der Waals surface area contributed by atoms with E-state index in [1.54, 1.807) is 0 Å². The van der Waals surface area contributed by atoms with Crippen molar-refractivity contribution < 1.29 is 5.11 Å². The molecule has 0 unspecified atom stereocenters. The Morgan fingerprint density at radius 3 is 2.94 bits per heavy atom. The number of aliphatic hydroxyl groups excluding tert-OH is 1. The first kappa shape index (κ1) is 11.4. The summed E-state index contributed by atoms with van der Waals surface area (Å²) in [4.78, 5) is 7.68. The number of nitrogens with two attached hydrogens (primary N) is 1. The van der Waals surface area contributed by atoms with Crippen LogP contribution >= 0.6 is 15.9 Å². The number of anilines is 1. The number of aromatic nitrogens is 2. The number of hydrogen-bond acceptors (Lipinski definition) is 3. The largest absolute Gasteiger partial charge is 0.397 e. The number of imidazole rings is 1. The Morgan fingerprint density at radius 2 is 2.19 bits per heavy atom. The lowest BCUT2D eigenvalue weighted by Gasteiger charge is -1.94. The Balaban J connectivity index is 2.26. The minimum absolute atomic E-state index is 0.230. The second-order valence-corrected chi connectivity index (χ2v) is 4.67. The third kappa shape index (κ3) is 2.36. The number of aryl methyl sites for hydroxylation is 1. The molecule has 2 rings (SSSR count). The first-order valence-corrected chi connectivity index (χ1v) is 6.04. The predicted molar refractivity (Wildman–Crippen MR) is 68.2 cm³/mol. The summed E-state index contributed by atoms with van der Waals surface area (Å²) in [6.45, 7) is 0.230. The van der Waals surface area contributed by atoms with Gasteiger partial charge < -0.3 is 15.8 Å². The Morgan fingerprint density at radius 1 is 1.38 bits per heavy atom. The molecule has 0 atom stereocenters. The third-order valence-electron chi connectivity index (χ3n) is 2.45. The van der Waals surface area contributed by atoms with Gasteiger partial charge in [0.05, 0.1) is 11.2 Å². The molecule has 0 amide bonds. The summed E-state index contributed by atoms with van der Waals surface area (Å²) < 4.78 is 0.947. The van der Waals surface area contributed by atoms with Gasteiger partial charge in [-0.05, 0) is 25.0 Å². The molecule has 0 spiro atoms. The molecule has 0 aliphatic rings. The van der Waals surface area contributed by atoms with E-state index in [-0.39, 0.29) is 6.61 Å². The van der Waals surface area contributed by atoms with Crippen LogP contribution in [0.5, 0.6) is 0 Å². The van der Waals surface area contributed by atoms with E-state index in [4.69, 9.17) is 10.8 Å². The van der Waals surface area contributed by atoms with E-state index in [1.165, 1.54) is 0 Å². The molecule has 1 aromatic heterocycles. The van der Waals surface area contributed by atoms with Crippen molar-refractivity contribution in [1.82, 2.24) is 9.97 Å². The van der Waals surface area contributed by atoms with E-state index in [1.807, 2.05) is 12.1 Å². The van der Waals surface area contributed by atoms with Crippen LogP contribution in [-0.2, 0) is 6.42 Å². The van der Waals surface area contributed by atoms with Crippen molar-refractivity contribution in [2.45, 2.75) is 19.3 Å². The second-order valence-electron chi connectivity index (χ2n) is 3.76. The summed E-state index contributed by atoms with van der Waals surface area (Å²) in [5, 5.41) is 8.71. The average molecular weight is 284 g/mol. The van der Waals surface area contributed by atoms with E-state index < -0.39 is 0 Å². The molecule has 16 heavy (non-hydrogen) atoms. The molecule has 0 radical (unpaired) electrons. The lowest BCUT2D eigenvalue weighted by atomic mass is 10.2. The standard InChI is InChI=1S/C11H14BrN3O/c12-7-5-8(13)11-9(6-7)14-10(15-11)3-1-2-4-16/h5-6,16H,1-4,13H2,(H,14,15). The first-order valence-electron chi connectivity index (χ1n) is 5.25. The van der Waals surface area contributed by atoms with Crippen molar-refractivity contribution in [3.63, 3.8) is 0 Å². The SMILES string of the molecule is Nc1cc(Br)cc2[nH]c(CCCCO)nc12. The fourth-order valence-electron chi connectivity index (χ4n) is 1.68. The number of unbranched alkanes of at least 4 members (excludes halogenated alkanes) is 1. The summed E-state index contributed by atoms with van der Waals surface area (Å²) in [5.41, 5.74) is 8.32. The minimum atomic E-state index is 0.230. The highest BCUT2D eigenvalue weighted by Gasteiger charge is 2.06. The Hall–Kier alpha value is -1.07. The molecule has 0 fully saturated rings. The van der Waals surface area contributed by atoms with Crippen LogP contribution in [0.3, 0.4) is 0 Å². The van der Waals surface area contributed by atoms with Crippen LogP contribution in [0.4, 0.5) is 5.69 Å². The maximum atomic E-state index is 8.71. The second kappa shape index (κ2) is 4.84. The predicted octanol–water partition coefficient (Wildman–Crippen LogP) is 2.22. The van der Waals surface area contributed by atoms with Gasteiger partial charge in [0.2, 0.25) is 0 Å². The van der Waals surface area contributed by atoms with E-state index in [9.17, 15) is 0 Å². The Kier molecular flexibility index (Phi) is 3.46. The van der Waals surface area contributed by atoms with Crippen molar-refractivity contribution in [1.29, 1.82) is 0 Å². The molecule has 4 nitrogen and oxygen atoms in total. The fourth-order valence-corrected chi connectivity index (χ4v) is 2.16. The molecule has 0 aliphatic carbocycles. The highest BCUT2D eigenvalue weighted by molar-refractivity contribution is 9.10. The highest BCUT2D eigenvalue weighted by Crippen LogP contribution is 2.24. The monoisotopic (exact) mass is 283 g/mol. The van der Waals surface area contributed by atoms with Gasteiger partial charge in [-0.3, -0.25) is 0 Å². The Bertz CT molecular complexity index is 495. The summed E-state index contributed by atoms with van der Waals surface area (Å²) in [7, 11) is 0. The number of hydrogen-bond donors (Lipinski definition) is 3. The number of nitrogens with zero attached hydrogens (tertiary/aromatic N) is 1. The van der Waals surface area contributed by atoms with Crippen molar-refractivity contribution in [2.75, 3.05) is 12.3 Å². The number of nitrogen functional groups attached to an aromatic ring is 1. The molecule has 0 aliphatic heterocycles. The number of benzene rings is 1. The van der Waals surface area contributed by atoms with Gasteiger partial charge in [0.25, 0.3) is 0 Å². The summed E-state index contributed by atoms with van der Waals surface area (Å²) in [5.74, 6) is 0.924. The number of fused-ring (bicyclic) bond motifs is 1. The van der Waals surface area contributed by atoms with Crippen LogP contribution in [0.15, 0.2) is 16.6 Å². The maximum absolute atomic E-state index is 8.71. The van der Waals surface area contributed by atoms with Gasteiger partial charge in [0.1, 0.15) is 11.3 Å². The molecule has 5 heteroatoms. The van der Waals surface area contributed by atoms with Crippen LogP contribution in [0.1, 0.15) is 18.7 Å². The van der Waals surface area contributed by atoms with Gasteiger partial charge >= 0.3 is 0 Å². The Labute approximate surface area is 102 Å². The van der Waals surface area contributed by atoms with Crippen LogP contribution < -0.4 is 5.73 Å². The van der Waals surface area contributed by atoms with Crippen molar-refractivity contribution >= 4 is 32.7 Å². The summed E-state index contributed by atoms with van der Waals surface area (Å²) >= 11 is 3.40. The van der Waals surface area contributed by atoms with Crippen molar-refractivity contribution in [3.8, 4) is 0 Å². The zero-order valence-electron chi connectivity index (χ0n) is 8.83. The molecule has 2 aromatic rings. The molecule has 1 heterocycles. The molecule has 0 bridgehead atoms. The fraction of sp³-hybridized carbons (Fsp3) is 0.364. The quantitative estimate of drug-likeness (QED) is 0.595. The smallest absolute Gasteiger partial charge is 0.112 e. The molecular formula is C11H14BrN3O. The molecule has 0 saturated heterocycles. The van der Waals surface area contributed by atoms with E-state index >= 15 is 0 Å². The van der Waals surface area contributed by atoms with Gasteiger partial charge in [-0.1, -0.05) is 15.9 Å². The minimum Gasteiger partial charge on any atom is -0.397 e. The summed E-state index contributed by atoms with van der Waals surface area (Å²) in [6.07, 6.45) is 2.57. The normalized spacial score (nSPS) is 11.1.